The molecule has 0 aliphatic heterocycles. The Labute approximate surface area is 129 Å². The highest BCUT2D eigenvalue weighted by Crippen LogP contribution is 2.23. The molecule has 0 spiro atoms. The van der Waals surface area contributed by atoms with Crippen molar-refractivity contribution >= 4 is 27.3 Å². The molecule has 0 saturated carbocycles. The van der Waals surface area contributed by atoms with Crippen molar-refractivity contribution in [2.75, 3.05) is 11.4 Å². The van der Waals surface area contributed by atoms with Gasteiger partial charge in [0.15, 0.2) is 0 Å². The smallest absolute Gasteiger partial charge is 0.264 e. The van der Waals surface area contributed by atoms with Crippen LogP contribution in [0.1, 0.15) is 5.56 Å². The lowest BCUT2D eigenvalue weighted by atomic mass is 10.1. The Morgan fingerprint density at radius 3 is 2.19 bits per heavy atom. The molecule has 0 aliphatic rings. The van der Waals surface area contributed by atoms with Gasteiger partial charge in [0, 0.05) is 12.1 Å². The molecular formula is C15H13ClN2O2S. The summed E-state index contributed by atoms with van der Waals surface area (Å²) in [5.41, 5.74) is 1.38. The Morgan fingerprint density at radius 1 is 1.10 bits per heavy atom. The molecule has 108 valence electrons. The second kappa shape index (κ2) is 6.17. The van der Waals surface area contributed by atoms with Crippen LogP contribution in [-0.4, -0.2) is 15.5 Å². The normalized spacial score (nSPS) is 10.9. The van der Waals surface area contributed by atoms with Crippen LogP contribution < -0.4 is 4.31 Å². The van der Waals surface area contributed by atoms with Crippen LogP contribution in [0, 0.1) is 11.3 Å². The molecule has 21 heavy (non-hydrogen) atoms. The molecule has 0 saturated heterocycles. The van der Waals surface area contributed by atoms with Crippen molar-refractivity contribution in [3.05, 3.63) is 59.1 Å². The molecule has 0 N–H and O–H groups in total. The second-order valence-corrected chi connectivity index (χ2v) is 6.83. The van der Waals surface area contributed by atoms with E-state index in [1.54, 1.807) is 24.3 Å². The summed E-state index contributed by atoms with van der Waals surface area (Å²) < 4.78 is 26.2. The maximum Gasteiger partial charge on any atom is 0.264 e. The standard InChI is InChI=1S/C15H13ClN2O2S/c1-18(14-6-2-12(3-7-14)10-11-17)21(19,20)15-8-4-13(16)5-9-15/h2-9H,10H2,1H3. The van der Waals surface area contributed by atoms with E-state index in [-0.39, 0.29) is 4.90 Å². The van der Waals surface area contributed by atoms with Crippen molar-refractivity contribution in [1.82, 2.24) is 0 Å². The van der Waals surface area contributed by atoms with Gasteiger partial charge in [-0.1, -0.05) is 23.7 Å². The van der Waals surface area contributed by atoms with Gasteiger partial charge in [-0.3, -0.25) is 4.31 Å². The topological polar surface area (TPSA) is 61.2 Å². The van der Waals surface area contributed by atoms with Gasteiger partial charge < -0.3 is 0 Å². The summed E-state index contributed by atoms with van der Waals surface area (Å²) in [6.45, 7) is 0. The molecular weight excluding hydrogens is 308 g/mol. The third kappa shape index (κ3) is 3.35. The first-order valence-electron chi connectivity index (χ1n) is 6.15. The number of hydrogen-bond donors (Lipinski definition) is 0. The summed E-state index contributed by atoms with van der Waals surface area (Å²) in [6.07, 6.45) is 0.300. The van der Waals surface area contributed by atoms with Crippen molar-refractivity contribution < 1.29 is 8.42 Å². The number of halogens is 1. The average Bonchev–Trinajstić information content (AvgIpc) is 2.48. The third-order valence-corrected chi connectivity index (χ3v) is 5.11. The lowest BCUT2D eigenvalue weighted by molar-refractivity contribution is 0.594. The van der Waals surface area contributed by atoms with Crippen LogP contribution in [-0.2, 0) is 16.4 Å². The molecule has 0 fully saturated rings. The molecule has 0 amide bonds. The number of anilines is 1. The number of nitriles is 1. The number of benzene rings is 2. The molecule has 0 aromatic heterocycles. The van der Waals surface area contributed by atoms with E-state index in [0.29, 0.717) is 17.1 Å². The lowest BCUT2D eigenvalue weighted by Gasteiger charge is -2.19. The Morgan fingerprint density at radius 2 is 1.67 bits per heavy atom. The van der Waals surface area contributed by atoms with E-state index in [1.807, 2.05) is 6.07 Å². The number of rotatable bonds is 4. The molecule has 6 heteroatoms. The minimum atomic E-state index is -3.62. The largest absolute Gasteiger partial charge is 0.269 e. The minimum absolute atomic E-state index is 0.176. The molecule has 0 aliphatic carbocycles. The Balaban J connectivity index is 2.31. The van der Waals surface area contributed by atoms with Gasteiger partial charge in [-0.25, -0.2) is 8.42 Å². The van der Waals surface area contributed by atoms with Gasteiger partial charge in [0.25, 0.3) is 10.0 Å². The van der Waals surface area contributed by atoms with Gasteiger partial charge in [0.05, 0.1) is 23.1 Å². The first-order chi connectivity index (χ1) is 9.95. The van der Waals surface area contributed by atoms with E-state index in [4.69, 9.17) is 16.9 Å². The molecule has 0 radical (unpaired) electrons. The fourth-order valence-electron chi connectivity index (χ4n) is 1.82. The van der Waals surface area contributed by atoms with Crippen LogP contribution in [0.2, 0.25) is 5.02 Å². The van der Waals surface area contributed by atoms with Crippen molar-refractivity contribution in [3.63, 3.8) is 0 Å². The van der Waals surface area contributed by atoms with Crippen LogP contribution in [0.15, 0.2) is 53.4 Å². The summed E-state index contributed by atoms with van der Waals surface area (Å²) in [6, 6.07) is 14.9. The molecule has 2 rings (SSSR count). The number of nitrogens with zero attached hydrogens (tertiary/aromatic N) is 2. The summed E-state index contributed by atoms with van der Waals surface area (Å²) in [4.78, 5) is 0.176. The Hall–Kier alpha value is -2.03. The zero-order chi connectivity index (χ0) is 15.5. The summed E-state index contributed by atoms with van der Waals surface area (Å²) in [7, 11) is -2.13. The predicted octanol–water partition coefficient (Wildman–Crippen LogP) is 3.23. The zero-order valence-electron chi connectivity index (χ0n) is 11.3. The van der Waals surface area contributed by atoms with Crippen LogP contribution in [0.25, 0.3) is 0 Å². The van der Waals surface area contributed by atoms with Crippen molar-refractivity contribution in [2.45, 2.75) is 11.3 Å². The molecule has 0 heterocycles. The highest BCUT2D eigenvalue weighted by atomic mass is 35.5. The molecule has 2 aromatic rings. The van der Waals surface area contributed by atoms with E-state index in [9.17, 15) is 8.42 Å². The molecule has 4 nitrogen and oxygen atoms in total. The van der Waals surface area contributed by atoms with Gasteiger partial charge in [-0.2, -0.15) is 5.26 Å². The molecule has 0 bridgehead atoms. The van der Waals surface area contributed by atoms with E-state index in [0.717, 1.165) is 5.56 Å². The second-order valence-electron chi connectivity index (χ2n) is 4.43. The molecule has 2 aromatic carbocycles. The van der Waals surface area contributed by atoms with Gasteiger partial charge in [-0.15, -0.1) is 0 Å². The van der Waals surface area contributed by atoms with Crippen molar-refractivity contribution in [3.8, 4) is 6.07 Å². The van der Waals surface area contributed by atoms with Crippen LogP contribution in [0.5, 0.6) is 0 Å². The summed E-state index contributed by atoms with van der Waals surface area (Å²) in [5.74, 6) is 0. The Bertz CT molecular complexity index is 763. The van der Waals surface area contributed by atoms with Gasteiger partial charge in [0.2, 0.25) is 0 Å². The average molecular weight is 321 g/mol. The van der Waals surface area contributed by atoms with Crippen molar-refractivity contribution in [2.24, 2.45) is 0 Å². The van der Waals surface area contributed by atoms with Gasteiger partial charge in [0.1, 0.15) is 0 Å². The summed E-state index contributed by atoms with van der Waals surface area (Å²) in [5, 5.41) is 9.12. The van der Waals surface area contributed by atoms with E-state index in [2.05, 4.69) is 0 Å². The minimum Gasteiger partial charge on any atom is -0.269 e. The van der Waals surface area contributed by atoms with Gasteiger partial charge >= 0.3 is 0 Å². The highest BCUT2D eigenvalue weighted by molar-refractivity contribution is 7.92. The molecule has 0 unspecified atom stereocenters. The SMILES string of the molecule is CN(c1ccc(CC#N)cc1)S(=O)(=O)c1ccc(Cl)cc1. The van der Waals surface area contributed by atoms with E-state index < -0.39 is 10.0 Å². The first-order valence-corrected chi connectivity index (χ1v) is 7.97. The monoisotopic (exact) mass is 320 g/mol. The third-order valence-electron chi connectivity index (χ3n) is 3.06. The maximum atomic E-state index is 12.5. The maximum absolute atomic E-state index is 12.5. The zero-order valence-corrected chi connectivity index (χ0v) is 12.9. The van der Waals surface area contributed by atoms with Crippen LogP contribution in [0.3, 0.4) is 0 Å². The van der Waals surface area contributed by atoms with Crippen LogP contribution in [0.4, 0.5) is 5.69 Å². The number of hydrogen-bond acceptors (Lipinski definition) is 3. The molecule has 0 atom stereocenters. The number of sulfonamides is 1. The van der Waals surface area contributed by atoms with E-state index in [1.165, 1.54) is 35.6 Å². The fourth-order valence-corrected chi connectivity index (χ4v) is 3.14. The first kappa shape index (κ1) is 15.4. The van der Waals surface area contributed by atoms with Gasteiger partial charge in [-0.05, 0) is 42.0 Å². The van der Waals surface area contributed by atoms with Crippen LogP contribution >= 0.6 is 11.6 Å². The van der Waals surface area contributed by atoms with E-state index >= 15 is 0 Å². The summed E-state index contributed by atoms with van der Waals surface area (Å²) >= 11 is 5.77. The quantitative estimate of drug-likeness (QED) is 0.869. The highest BCUT2D eigenvalue weighted by Gasteiger charge is 2.20. The predicted molar refractivity (Wildman–Crippen MR) is 82.8 cm³/mol. The Kier molecular flexibility index (Phi) is 4.51. The fraction of sp³-hybridized carbons (Fsp3) is 0.133. The van der Waals surface area contributed by atoms with Crippen molar-refractivity contribution in [1.29, 1.82) is 5.26 Å². The lowest BCUT2D eigenvalue weighted by Crippen LogP contribution is -2.26.